The van der Waals surface area contributed by atoms with E-state index in [9.17, 15) is 0 Å². The van der Waals surface area contributed by atoms with Crippen LogP contribution in [0.25, 0.3) is 0 Å². The van der Waals surface area contributed by atoms with Crippen molar-refractivity contribution in [1.82, 2.24) is 0 Å². The largest absolute Gasteiger partial charge is 0.493 e. The van der Waals surface area contributed by atoms with E-state index in [0.717, 1.165) is 5.56 Å². The minimum absolute atomic E-state index is 0.199. The monoisotopic (exact) mass is 334 g/mol. The van der Waals surface area contributed by atoms with Crippen molar-refractivity contribution >= 4 is 27.5 Å². The minimum atomic E-state index is 0.199. The van der Waals surface area contributed by atoms with Crippen molar-refractivity contribution in [3.8, 4) is 11.5 Å². The zero-order valence-electron chi connectivity index (χ0n) is 11.5. The SMILES string of the molecule is COc1cc(Cl)c(C(Br)C(C)C(C)C)cc1OC. The van der Waals surface area contributed by atoms with Crippen LogP contribution in [0.5, 0.6) is 11.5 Å². The zero-order chi connectivity index (χ0) is 13.9. The van der Waals surface area contributed by atoms with Crippen LogP contribution in [0.3, 0.4) is 0 Å². The molecule has 0 radical (unpaired) electrons. The Morgan fingerprint density at radius 3 is 2.00 bits per heavy atom. The Bertz CT molecular complexity index is 407. The lowest BCUT2D eigenvalue weighted by Gasteiger charge is -2.24. The second-order valence-electron chi connectivity index (χ2n) is 4.73. The van der Waals surface area contributed by atoms with Crippen LogP contribution in [-0.2, 0) is 0 Å². The number of rotatable bonds is 5. The molecule has 1 aromatic rings. The van der Waals surface area contributed by atoms with E-state index >= 15 is 0 Å². The molecule has 0 aliphatic rings. The predicted molar refractivity (Wildman–Crippen MR) is 80.2 cm³/mol. The molecule has 0 bridgehead atoms. The van der Waals surface area contributed by atoms with Gasteiger partial charge in [0.2, 0.25) is 0 Å². The van der Waals surface area contributed by atoms with E-state index in [1.54, 1.807) is 20.3 Å². The molecule has 0 N–H and O–H groups in total. The summed E-state index contributed by atoms with van der Waals surface area (Å²) in [6.45, 7) is 6.61. The van der Waals surface area contributed by atoms with Gasteiger partial charge < -0.3 is 9.47 Å². The van der Waals surface area contributed by atoms with Gasteiger partial charge in [-0.15, -0.1) is 0 Å². The Morgan fingerprint density at radius 1 is 1.06 bits per heavy atom. The Balaban J connectivity index is 3.16. The van der Waals surface area contributed by atoms with Gasteiger partial charge >= 0.3 is 0 Å². The molecule has 2 nitrogen and oxygen atoms in total. The molecule has 0 aliphatic heterocycles. The van der Waals surface area contributed by atoms with Crippen molar-refractivity contribution in [1.29, 1.82) is 0 Å². The molecule has 1 aromatic carbocycles. The molecule has 0 saturated heterocycles. The highest BCUT2D eigenvalue weighted by atomic mass is 79.9. The summed E-state index contributed by atoms with van der Waals surface area (Å²) in [6.07, 6.45) is 0. The summed E-state index contributed by atoms with van der Waals surface area (Å²) in [5.74, 6) is 2.40. The summed E-state index contributed by atoms with van der Waals surface area (Å²) in [7, 11) is 3.24. The highest BCUT2D eigenvalue weighted by molar-refractivity contribution is 9.09. The van der Waals surface area contributed by atoms with Crippen LogP contribution in [0.2, 0.25) is 5.02 Å². The molecule has 2 unspecified atom stereocenters. The maximum atomic E-state index is 6.32. The van der Waals surface area contributed by atoms with Gasteiger partial charge in [0, 0.05) is 15.9 Å². The van der Waals surface area contributed by atoms with Crippen molar-refractivity contribution in [3.63, 3.8) is 0 Å². The van der Waals surface area contributed by atoms with E-state index in [1.165, 1.54) is 0 Å². The Morgan fingerprint density at radius 2 is 1.56 bits per heavy atom. The van der Waals surface area contributed by atoms with Gasteiger partial charge in [-0.1, -0.05) is 48.3 Å². The minimum Gasteiger partial charge on any atom is -0.493 e. The van der Waals surface area contributed by atoms with Gasteiger partial charge in [0.05, 0.1) is 14.2 Å². The number of benzene rings is 1. The molecule has 0 heterocycles. The maximum Gasteiger partial charge on any atom is 0.162 e. The quantitative estimate of drug-likeness (QED) is 0.698. The smallest absolute Gasteiger partial charge is 0.162 e. The molecule has 0 saturated carbocycles. The first kappa shape index (κ1) is 15.6. The molecular formula is C14H20BrClO2. The van der Waals surface area contributed by atoms with Crippen LogP contribution >= 0.6 is 27.5 Å². The average Bonchev–Trinajstić information content (AvgIpc) is 2.36. The number of hydrogen-bond donors (Lipinski definition) is 0. The van der Waals surface area contributed by atoms with Gasteiger partial charge in [-0.2, -0.15) is 0 Å². The van der Waals surface area contributed by atoms with E-state index in [1.807, 2.05) is 6.07 Å². The lowest BCUT2D eigenvalue weighted by molar-refractivity contribution is 0.353. The number of methoxy groups -OCH3 is 2. The van der Waals surface area contributed by atoms with Crippen LogP contribution in [0.1, 0.15) is 31.2 Å². The van der Waals surface area contributed by atoms with Gasteiger partial charge in [-0.3, -0.25) is 0 Å². The fourth-order valence-corrected chi connectivity index (χ4v) is 3.09. The number of alkyl halides is 1. The molecule has 0 aliphatic carbocycles. The van der Waals surface area contributed by atoms with Crippen molar-refractivity contribution < 1.29 is 9.47 Å². The van der Waals surface area contributed by atoms with Gasteiger partial charge in [0.25, 0.3) is 0 Å². The van der Waals surface area contributed by atoms with Gasteiger partial charge in [-0.05, 0) is 23.5 Å². The summed E-state index contributed by atoms with van der Waals surface area (Å²) < 4.78 is 10.6. The van der Waals surface area contributed by atoms with Crippen molar-refractivity contribution in [2.75, 3.05) is 14.2 Å². The van der Waals surface area contributed by atoms with Gasteiger partial charge in [0.1, 0.15) is 0 Å². The van der Waals surface area contributed by atoms with Crippen LogP contribution in [0, 0.1) is 11.8 Å². The number of halogens is 2. The first-order valence-electron chi connectivity index (χ1n) is 5.97. The van der Waals surface area contributed by atoms with Crippen LogP contribution in [-0.4, -0.2) is 14.2 Å². The van der Waals surface area contributed by atoms with Gasteiger partial charge in [0.15, 0.2) is 11.5 Å². The molecule has 18 heavy (non-hydrogen) atoms. The normalized spacial score (nSPS) is 14.4. The summed E-state index contributed by atoms with van der Waals surface area (Å²) >= 11 is 10.0. The molecule has 2 atom stereocenters. The lowest BCUT2D eigenvalue weighted by Crippen LogP contribution is -2.11. The Labute approximate surface area is 123 Å². The average molecular weight is 336 g/mol. The Kier molecular flexibility index (Phi) is 5.80. The molecule has 4 heteroatoms. The fourth-order valence-electron chi connectivity index (χ4n) is 1.70. The van der Waals surface area contributed by atoms with Crippen molar-refractivity contribution in [2.24, 2.45) is 11.8 Å². The molecule has 0 spiro atoms. The maximum absolute atomic E-state index is 6.32. The zero-order valence-corrected chi connectivity index (χ0v) is 13.8. The van der Waals surface area contributed by atoms with E-state index in [2.05, 4.69) is 36.7 Å². The van der Waals surface area contributed by atoms with Crippen molar-refractivity contribution in [3.05, 3.63) is 22.7 Å². The molecule has 0 aromatic heterocycles. The summed E-state index contributed by atoms with van der Waals surface area (Å²) in [5.41, 5.74) is 1.04. The number of hydrogen-bond acceptors (Lipinski definition) is 2. The topological polar surface area (TPSA) is 18.5 Å². The third-order valence-corrected chi connectivity index (χ3v) is 4.97. The first-order chi connectivity index (χ1) is 8.42. The first-order valence-corrected chi connectivity index (χ1v) is 7.27. The molecular weight excluding hydrogens is 316 g/mol. The van der Waals surface area contributed by atoms with Crippen molar-refractivity contribution in [2.45, 2.75) is 25.6 Å². The number of ether oxygens (including phenoxy) is 2. The fraction of sp³-hybridized carbons (Fsp3) is 0.571. The van der Waals surface area contributed by atoms with E-state index in [4.69, 9.17) is 21.1 Å². The molecule has 1 rings (SSSR count). The van der Waals surface area contributed by atoms with E-state index in [-0.39, 0.29) is 4.83 Å². The lowest BCUT2D eigenvalue weighted by atomic mass is 9.91. The van der Waals surface area contributed by atoms with E-state index < -0.39 is 0 Å². The molecule has 0 amide bonds. The van der Waals surface area contributed by atoms with Crippen LogP contribution in [0.4, 0.5) is 0 Å². The Hall–Kier alpha value is -0.410. The molecule has 102 valence electrons. The predicted octanol–water partition coefficient (Wildman–Crippen LogP) is 5.09. The highest BCUT2D eigenvalue weighted by Crippen LogP contribution is 2.43. The van der Waals surface area contributed by atoms with E-state index in [0.29, 0.717) is 28.4 Å². The highest BCUT2D eigenvalue weighted by Gasteiger charge is 2.23. The summed E-state index contributed by atoms with van der Waals surface area (Å²) in [6, 6.07) is 3.75. The third-order valence-electron chi connectivity index (χ3n) is 3.31. The van der Waals surface area contributed by atoms with Gasteiger partial charge in [-0.25, -0.2) is 0 Å². The second-order valence-corrected chi connectivity index (χ2v) is 6.13. The standard InChI is InChI=1S/C14H20BrClO2/c1-8(2)9(3)14(15)10-6-12(17-4)13(18-5)7-11(10)16/h6-9,14H,1-5H3. The van der Waals surface area contributed by atoms with Crippen LogP contribution < -0.4 is 9.47 Å². The summed E-state index contributed by atoms with van der Waals surface area (Å²) in [4.78, 5) is 0.199. The van der Waals surface area contributed by atoms with Crippen LogP contribution in [0.15, 0.2) is 12.1 Å². The molecule has 0 fully saturated rings. The summed E-state index contributed by atoms with van der Waals surface area (Å²) in [5, 5.41) is 0.696. The third kappa shape index (κ3) is 3.33. The second kappa shape index (κ2) is 6.67.